The van der Waals surface area contributed by atoms with Gasteiger partial charge in [-0.15, -0.1) is 22.7 Å². The summed E-state index contributed by atoms with van der Waals surface area (Å²) in [4.78, 5) is 3.03. The predicted octanol–water partition coefficient (Wildman–Crippen LogP) is 14.6. The maximum atomic E-state index is 2.84. The Labute approximate surface area is 443 Å². The Kier molecular flexibility index (Phi) is 12.5. The van der Waals surface area contributed by atoms with Gasteiger partial charge >= 0.3 is 0 Å². The van der Waals surface area contributed by atoms with Crippen LogP contribution in [0.15, 0.2) is 194 Å². The lowest BCUT2D eigenvalue weighted by Gasteiger charge is -2.35. The average Bonchev–Trinajstić information content (AvgIpc) is 4.22. The Morgan fingerprint density at radius 3 is 1.04 bits per heavy atom. The highest BCUT2D eigenvalue weighted by Gasteiger charge is 2.56. The summed E-state index contributed by atoms with van der Waals surface area (Å²) in [5.74, 6) is 0. The van der Waals surface area contributed by atoms with Gasteiger partial charge in [0.25, 0.3) is 0 Å². The van der Waals surface area contributed by atoms with Crippen molar-refractivity contribution < 1.29 is 0 Å². The maximum absolute atomic E-state index is 2.84. The van der Waals surface area contributed by atoms with E-state index in [9.17, 15) is 0 Å². The molecule has 0 saturated carbocycles. The van der Waals surface area contributed by atoms with Crippen LogP contribution in [0, 0.1) is 0 Å². The van der Waals surface area contributed by atoms with Gasteiger partial charge in [0.2, 0.25) is 0 Å². The maximum Gasteiger partial charge on any atom is 0.182 e. The number of thiophene rings is 2. The quantitative estimate of drug-likeness (QED) is 0.0594. The Bertz CT molecular complexity index is 3290. The Hall–Kier alpha value is -5.89. The molecule has 0 nitrogen and oxygen atoms in total. The van der Waals surface area contributed by atoms with E-state index in [1.54, 1.807) is 31.9 Å². The fourth-order valence-corrected chi connectivity index (χ4v) is 28.8. The van der Waals surface area contributed by atoms with E-state index in [0.717, 1.165) is 0 Å². The molecule has 4 heteroatoms. The summed E-state index contributed by atoms with van der Waals surface area (Å²) in [6.07, 6.45) is 18.1. The molecule has 8 aromatic carbocycles. The van der Waals surface area contributed by atoms with E-state index in [1.807, 2.05) is 0 Å². The molecule has 1 aliphatic carbocycles. The molecular weight excluding hydrogens is 949 g/mol. The number of hydrogen-bond acceptors (Lipinski definition) is 2. The summed E-state index contributed by atoms with van der Waals surface area (Å²) in [6.45, 7) is 4.70. The lowest BCUT2D eigenvalue weighted by Crippen LogP contribution is -2.73. The van der Waals surface area contributed by atoms with Crippen LogP contribution in [-0.2, 0) is 5.41 Å². The Morgan fingerprint density at radius 2 is 0.671 bits per heavy atom. The SMILES string of the molecule is CCCCCCCCC1(CCCCCCCC)c2cc3c(cc2-c2cc4c(cc21)-c1sc2ccccc2c1[Si]4(c1ccccc1)c1ccccc1)[Si](c1ccccc1)(c1ccccc1)c1c-3sc2ccccc12. The van der Waals surface area contributed by atoms with Gasteiger partial charge in [-0.2, -0.15) is 0 Å². The molecule has 10 aromatic rings. The first-order valence-corrected chi connectivity index (χ1v) is 33.4. The molecule has 0 fully saturated rings. The van der Waals surface area contributed by atoms with Crippen molar-refractivity contribution in [1.29, 1.82) is 0 Å². The fraction of sp³-hybridized carbons (Fsp3) is 0.246. The smallest absolute Gasteiger partial charge is 0.135 e. The molecule has 3 aliphatic rings. The van der Waals surface area contributed by atoms with Gasteiger partial charge < -0.3 is 0 Å². The van der Waals surface area contributed by atoms with Gasteiger partial charge in [0.05, 0.1) is 0 Å². The number of hydrogen-bond donors (Lipinski definition) is 0. The summed E-state index contributed by atoms with van der Waals surface area (Å²) in [6, 6.07) is 77.2. The number of fused-ring (bicyclic) bond motifs is 13. The average molecular weight is 1020 g/mol. The van der Waals surface area contributed by atoms with Crippen molar-refractivity contribution in [2.45, 2.75) is 109 Å². The second kappa shape index (κ2) is 19.4. The molecule has 0 spiro atoms. The molecule has 4 heterocycles. The first-order chi connectivity index (χ1) is 36.1. The van der Waals surface area contributed by atoms with Crippen LogP contribution in [0.1, 0.15) is 115 Å². The fourth-order valence-electron chi connectivity index (χ4n) is 14.4. The molecule has 2 aliphatic heterocycles. The summed E-state index contributed by atoms with van der Waals surface area (Å²) < 4.78 is 2.82. The first kappa shape index (κ1) is 46.9. The van der Waals surface area contributed by atoms with E-state index < -0.39 is 16.1 Å². The molecule has 0 radical (unpaired) electrons. The standard InChI is InChI=1S/C69H66S2Si2/c1-3-5-7-9-11-29-43-69(44-30-12-10-8-6-4-2)59-45-57-63(72(49-31-17-13-18-32-49,50-33-19-14-20-34-50)67-53-39-25-27-41-61(53)70-65(57)67)47-55(59)56-48-64-58(46-60(56)69)66-68(54-40-26-28-42-62(54)71-66)73(64,51-35-21-15-22-36-51)52-37-23-16-24-38-52/h13-28,31-42,45-48H,3-12,29-30,43-44H2,1-2H3. The third-order valence-corrected chi connectivity index (χ3v) is 30.2. The van der Waals surface area contributed by atoms with Crippen molar-refractivity contribution in [3.05, 3.63) is 205 Å². The highest BCUT2D eigenvalue weighted by molar-refractivity contribution is 7.33. The van der Waals surface area contributed by atoms with Crippen molar-refractivity contribution in [3.63, 3.8) is 0 Å². The molecule has 0 amide bonds. The van der Waals surface area contributed by atoms with Crippen molar-refractivity contribution in [2.24, 2.45) is 0 Å². The van der Waals surface area contributed by atoms with Gasteiger partial charge in [-0.25, -0.2) is 0 Å². The molecule has 73 heavy (non-hydrogen) atoms. The van der Waals surface area contributed by atoms with Gasteiger partial charge in [0, 0.05) is 24.6 Å². The van der Waals surface area contributed by atoms with E-state index in [4.69, 9.17) is 0 Å². The zero-order valence-corrected chi connectivity index (χ0v) is 46.3. The number of rotatable bonds is 18. The number of benzene rings is 8. The summed E-state index contributed by atoms with van der Waals surface area (Å²) >= 11 is 4.11. The minimum absolute atomic E-state index is 0.0868. The molecular formula is C69H66S2Si2. The molecule has 362 valence electrons. The van der Waals surface area contributed by atoms with Gasteiger partial charge in [-0.3, -0.25) is 0 Å². The predicted molar refractivity (Wildman–Crippen MR) is 325 cm³/mol. The van der Waals surface area contributed by atoms with Gasteiger partial charge in [0.15, 0.2) is 16.1 Å². The van der Waals surface area contributed by atoms with Crippen LogP contribution in [0.5, 0.6) is 0 Å². The van der Waals surface area contributed by atoms with Gasteiger partial charge in [-0.05, 0) is 123 Å². The second-order valence-corrected chi connectivity index (χ2v) is 31.1. The summed E-state index contributed by atoms with van der Waals surface area (Å²) in [5.41, 5.74) is 9.19. The topological polar surface area (TPSA) is 0 Å². The van der Waals surface area contributed by atoms with Crippen LogP contribution in [0.25, 0.3) is 52.2 Å². The summed E-state index contributed by atoms with van der Waals surface area (Å²) in [7, 11) is -5.68. The molecule has 0 atom stereocenters. The zero-order valence-electron chi connectivity index (χ0n) is 42.7. The molecule has 0 N–H and O–H groups in total. The van der Waals surface area contributed by atoms with Crippen molar-refractivity contribution in [1.82, 2.24) is 0 Å². The van der Waals surface area contributed by atoms with E-state index in [2.05, 4.69) is 231 Å². The van der Waals surface area contributed by atoms with E-state index in [-0.39, 0.29) is 5.41 Å². The third-order valence-electron chi connectivity index (χ3n) is 17.6. The zero-order chi connectivity index (χ0) is 49.0. The second-order valence-electron chi connectivity index (χ2n) is 21.6. The van der Waals surface area contributed by atoms with Crippen LogP contribution in [-0.4, -0.2) is 16.1 Å². The Balaban J connectivity index is 1.13. The highest BCUT2D eigenvalue weighted by Crippen LogP contribution is 2.57. The lowest BCUT2D eigenvalue weighted by molar-refractivity contribution is 0.398. The van der Waals surface area contributed by atoms with Crippen LogP contribution in [0.2, 0.25) is 0 Å². The molecule has 13 rings (SSSR count). The molecule has 0 bridgehead atoms. The van der Waals surface area contributed by atoms with Crippen LogP contribution < -0.4 is 41.5 Å². The Morgan fingerprint density at radius 1 is 0.342 bits per heavy atom. The van der Waals surface area contributed by atoms with Gasteiger partial charge in [0.1, 0.15) is 0 Å². The third kappa shape index (κ3) is 7.21. The van der Waals surface area contributed by atoms with Crippen molar-refractivity contribution in [3.8, 4) is 32.0 Å². The van der Waals surface area contributed by atoms with Gasteiger partial charge in [-0.1, -0.05) is 261 Å². The van der Waals surface area contributed by atoms with Crippen molar-refractivity contribution in [2.75, 3.05) is 0 Å². The highest BCUT2D eigenvalue weighted by atomic mass is 32.1. The largest absolute Gasteiger partial charge is 0.182 e. The number of unbranched alkanes of at least 4 members (excludes halogenated alkanes) is 10. The van der Waals surface area contributed by atoms with E-state index >= 15 is 0 Å². The van der Waals surface area contributed by atoms with E-state index in [0.29, 0.717) is 0 Å². The summed E-state index contributed by atoms with van der Waals surface area (Å²) in [5, 5.41) is 15.2. The monoisotopic (exact) mass is 1010 g/mol. The first-order valence-electron chi connectivity index (χ1n) is 27.8. The molecule has 2 aromatic heterocycles. The molecule has 0 saturated heterocycles. The minimum Gasteiger partial charge on any atom is -0.135 e. The van der Waals surface area contributed by atoms with E-state index in [1.165, 1.54) is 163 Å². The van der Waals surface area contributed by atoms with Crippen LogP contribution in [0.3, 0.4) is 0 Å². The normalized spacial score (nSPS) is 15.0. The van der Waals surface area contributed by atoms with Crippen molar-refractivity contribution >= 4 is 100 Å². The lowest BCUT2D eigenvalue weighted by atomic mass is 9.70. The minimum atomic E-state index is -2.84. The van der Waals surface area contributed by atoms with Crippen LogP contribution in [0.4, 0.5) is 0 Å². The molecule has 0 unspecified atom stereocenters. The van der Waals surface area contributed by atoms with Crippen LogP contribution >= 0.6 is 22.7 Å².